The summed E-state index contributed by atoms with van der Waals surface area (Å²) in [6.45, 7) is 4.61. The molecule has 0 N–H and O–H groups in total. The fraction of sp³-hybridized carbons (Fsp3) is 0.667. The van der Waals surface area contributed by atoms with Gasteiger partial charge in [0.15, 0.2) is 11.6 Å². The van der Waals surface area contributed by atoms with Crippen molar-refractivity contribution in [1.29, 1.82) is 0 Å². The van der Waals surface area contributed by atoms with Crippen LogP contribution in [0.5, 0.6) is 0 Å². The monoisotopic (exact) mass is 343 g/mol. The van der Waals surface area contributed by atoms with Crippen molar-refractivity contribution in [2.24, 2.45) is 0 Å². The minimum atomic E-state index is 0.142. The van der Waals surface area contributed by atoms with E-state index in [0.717, 1.165) is 49.2 Å². The Morgan fingerprint density at radius 1 is 1.28 bits per heavy atom. The van der Waals surface area contributed by atoms with Crippen molar-refractivity contribution in [3.8, 4) is 0 Å². The van der Waals surface area contributed by atoms with Gasteiger partial charge in [-0.3, -0.25) is 4.90 Å². The standard InChI is InChI=1S/C18H25N5O2/c1-12(18-21-17(22-25-18)13-5-6-13)23-9-3-4-14(10-23)15-7-8-19-16(20-15)11-24-2/h7-8,12-14H,3-6,9-11H2,1-2H3/t12-,14-/m1/s1. The molecule has 1 saturated carbocycles. The minimum absolute atomic E-state index is 0.142. The lowest BCUT2D eigenvalue weighted by atomic mass is 9.93. The Bertz CT molecular complexity index is 715. The first-order valence-electron chi connectivity index (χ1n) is 9.13. The Labute approximate surface area is 147 Å². The Balaban J connectivity index is 1.45. The van der Waals surface area contributed by atoms with Crippen LogP contribution >= 0.6 is 0 Å². The van der Waals surface area contributed by atoms with Crippen molar-refractivity contribution in [3.05, 3.63) is 35.5 Å². The van der Waals surface area contributed by atoms with E-state index in [4.69, 9.17) is 9.26 Å². The van der Waals surface area contributed by atoms with Gasteiger partial charge >= 0.3 is 0 Å². The third kappa shape index (κ3) is 3.72. The highest BCUT2D eigenvalue weighted by molar-refractivity contribution is 5.11. The van der Waals surface area contributed by atoms with Crippen LogP contribution in [0, 0.1) is 0 Å². The molecule has 2 aromatic rings. The summed E-state index contributed by atoms with van der Waals surface area (Å²) in [5.74, 6) is 3.30. The van der Waals surface area contributed by atoms with Crippen LogP contribution in [0.3, 0.4) is 0 Å². The van der Waals surface area contributed by atoms with Crippen molar-refractivity contribution in [2.75, 3.05) is 20.2 Å². The summed E-state index contributed by atoms with van der Waals surface area (Å²) < 4.78 is 10.7. The first-order chi connectivity index (χ1) is 12.2. The van der Waals surface area contributed by atoms with Crippen LogP contribution in [0.4, 0.5) is 0 Å². The number of hydrogen-bond acceptors (Lipinski definition) is 7. The molecular formula is C18H25N5O2. The van der Waals surface area contributed by atoms with E-state index in [2.05, 4.69) is 31.9 Å². The van der Waals surface area contributed by atoms with Crippen molar-refractivity contribution in [1.82, 2.24) is 25.0 Å². The van der Waals surface area contributed by atoms with Crippen LogP contribution in [0.2, 0.25) is 0 Å². The molecular weight excluding hydrogens is 318 g/mol. The van der Waals surface area contributed by atoms with Crippen LogP contribution < -0.4 is 0 Å². The van der Waals surface area contributed by atoms with Crippen molar-refractivity contribution in [2.45, 2.75) is 57.1 Å². The smallest absolute Gasteiger partial charge is 0.243 e. The molecule has 3 heterocycles. The van der Waals surface area contributed by atoms with E-state index in [1.54, 1.807) is 7.11 Å². The fourth-order valence-electron chi connectivity index (χ4n) is 3.52. The number of methoxy groups -OCH3 is 1. The maximum atomic E-state index is 5.53. The highest BCUT2D eigenvalue weighted by Gasteiger charge is 2.32. The van der Waals surface area contributed by atoms with E-state index in [1.807, 2.05) is 12.3 Å². The molecule has 0 amide bonds. The maximum Gasteiger partial charge on any atom is 0.243 e. The summed E-state index contributed by atoms with van der Waals surface area (Å²) in [6.07, 6.45) is 6.50. The van der Waals surface area contributed by atoms with Crippen molar-refractivity contribution < 1.29 is 9.26 Å². The normalized spacial score (nSPS) is 22.9. The average molecular weight is 343 g/mol. The summed E-state index contributed by atoms with van der Waals surface area (Å²) in [4.78, 5) is 16.0. The van der Waals surface area contributed by atoms with Crippen molar-refractivity contribution in [3.63, 3.8) is 0 Å². The molecule has 1 aliphatic heterocycles. The average Bonchev–Trinajstić information content (AvgIpc) is 3.39. The van der Waals surface area contributed by atoms with Gasteiger partial charge in [-0.25, -0.2) is 9.97 Å². The molecule has 1 saturated heterocycles. The number of hydrogen-bond donors (Lipinski definition) is 0. The van der Waals surface area contributed by atoms with Gasteiger partial charge in [0.05, 0.1) is 6.04 Å². The van der Waals surface area contributed by atoms with E-state index in [1.165, 1.54) is 12.8 Å². The van der Waals surface area contributed by atoms with E-state index in [0.29, 0.717) is 18.4 Å². The molecule has 0 aromatic carbocycles. The molecule has 0 radical (unpaired) electrons. The molecule has 4 rings (SSSR count). The molecule has 2 aromatic heterocycles. The summed E-state index contributed by atoms with van der Waals surface area (Å²) >= 11 is 0. The van der Waals surface area contributed by atoms with Crippen molar-refractivity contribution >= 4 is 0 Å². The van der Waals surface area contributed by atoms with Gasteiger partial charge in [-0.05, 0) is 45.2 Å². The van der Waals surface area contributed by atoms with Gasteiger partial charge in [-0.1, -0.05) is 5.16 Å². The Hall–Kier alpha value is -1.86. The number of aromatic nitrogens is 4. The molecule has 134 valence electrons. The summed E-state index contributed by atoms with van der Waals surface area (Å²) in [5, 5.41) is 4.16. The van der Waals surface area contributed by atoms with Gasteiger partial charge in [0.1, 0.15) is 6.61 Å². The van der Waals surface area contributed by atoms with E-state index in [-0.39, 0.29) is 6.04 Å². The molecule has 7 nitrogen and oxygen atoms in total. The molecule has 0 spiro atoms. The first kappa shape index (κ1) is 16.6. The highest BCUT2D eigenvalue weighted by Crippen LogP contribution is 2.39. The molecule has 2 aliphatic rings. The highest BCUT2D eigenvalue weighted by atomic mass is 16.5. The minimum Gasteiger partial charge on any atom is -0.377 e. The molecule has 1 aliphatic carbocycles. The second-order valence-electron chi connectivity index (χ2n) is 7.11. The lowest BCUT2D eigenvalue weighted by molar-refractivity contribution is 0.131. The molecule has 7 heteroatoms. The van der Waals surface area contributed by atoms with E-state index >= 15 is 0 Å². The number of piperidine rings is 1. The SMILES string of the molecule is COCc1nccc([C@@H]2CCCN([C@H](C)c3nc(C4CC4)no3)C2)n1. The van der Waals surface area contributed by atoms with Crippen LogP contribution in [0.25, 0.3) is 0 Å². The van der Waals surface area contributed by atoms with Gasteiger partial charge in [0, 0.05) is 37.4 Å². The first-order valence-corrected chi connectivity index (χ1v) is 9.13. The Morgan fingerprint density at radius 2 is 2.16 bits per heavy atom. The number of ether oxygens (including phenoxy) is 1. The molecule has 2 atom stereocenters. The van der Waals surface area contributed by atoms with Gasteiger partial charge < -0.3 is 9.26 Å². The predicted molar refractivity (Wildman–Crippen MR) is 91.0 cm³/mol. The summed E-state index contributed by atoms with van der Waals surface area (Å²) in [6, 6.07) is 2.17. The lowest BCUT2D eigenvalue weighted by Crippen LogP contribution is -2.36. The van der Waals surface area contributed by atoms with Gasteiger partial charge in [-0.2, -0.15) is 4.98 Å². The molecule has 0 unspecified atom stereocenters. The second kappa shape index (κ2) is 7.17. The Morgan fingerprint density at radius 3 is 2.96 bits per heavy atom. The largest absolute Gasteiger partial charge is 0.377 e. The third-order valence-corrected chi connectivity index (χ3v) is 5.18. The fourth-order valence-corrected chi connectivity index (χ4v) is 3.52. The van der Waals surface area contributed by atoms with Crippen LogP contribution in [0.1, 0.15) is 73.7 Å². The molecule has 25 heavy (non-hydrogen) atoms. The van der Waals surface area contributed by atoms with Crippen LogP contribution in [0.15, 0.2) is 16.8 Å². The number of rotatable bonds is 6. The van der Waals surface area contributed by atoms with Gasteiger partial charge in [-0.15, -0.1) is 0 Å². The third-order valence-electron chi connectivity index (χ3n) is 5.18. The van der Waals surface area contributed by atoms with Crippen LogP contribution in [-0.2, 0) is 11.3 Å². The summed E-state index contributed by atoms with van der Waals surface area (Å²) in [5.41, 5.74) is 1.10. The quantitative estimate of drug-likeness (QED) is 0.798. The second-order valence-corrected chi connectivity index (χ2v) is 7.11. The summed E-state index contributed by atoms with van der Waals surface area (Å²) in [7, 11) is 1.67. The zero-order chi connectivity index (χ0) is 17.2. The molecule has 0 bridgehead atoms. The van der Waals surface area contributed by atoms with E-state index < -0.39 is 0 Å². The number of likely N-dealkylation sites (tertiary alicyclic amines) is 1. The molecule has 2 fully saturated rings. The van der Waals surface area contributed by atoms with Gasteiger partial charge in [0.2, 0.25) is 5.89 Å². The topological polar surface area (TPSA) is 77.2 Å². The number of nitrogens with zero attached hydrogens (tertiary/aromatic N) is 5. The van der Waals surface area contributed by atoms with Gasteiger partial charge in [0.25, 0.3) is 0 Å². The predicted octanol–water partition coefficient (Wildman–Crippen LogP) is 2.82. The zero-order valence-corrected chi connectivity index (χ0v) is 14.9. The zero-order valence-electron chi connectivity index (χ0n) is 14.9. The Kier molecular flexibility index (Phi) is 4.76. The van der Waals surface area contributed by atoms with E-state index in [9.17, 15) is 0 Å². The van der Waals surface area contributed by atoms with Crippen LogP contribution in [-0.4, -0.2) is 45.2 Å². The maximum absolute atomic E-state index is 5.53. The lowest BCUT2D eigenvalue weighted by Gasteiger charge is -2.35.